The molecular formula is C16H9N2. The number of aromatic nitrogens is 1. The van der Waals surface area contributed by atoms with Crippen LogP contribution in [0.1, 0.15) is 5.69 Å². The largest absolute Gasteiger partial charge is 0.237 e. The third-order valence-corrected chi connectivity index (χ3v) is 2.85. The van der Waals surface area contributed by atoms with Gasteiger partial charge in [-0.2, -0.15) is 5.26 Å². The van der Waals surface area contributed by atoms with Crippen LogP contribution in [0.2, 0.25) is 0 Å². The van der Waals surface area contributed by atoms with E-state index in [1.165, 1.54) is 0 Å². The van der Waals surface area contributed by atoms with E-state index in [0.29, 0.717) is 5.69 Å². The van der Waals surface area contributed by atoms with Crippen molar-refractivity contribution in [2.24, 2.45) is 0 Å². The molecule has 0 fully saturated rings. The third kappa shape index (κ3) is 1.72. The maximum absolute atomic E-state index is 8.90. The molecule has 0 aliphatic carbocycles. The van der Waals surface area contributed by atoms with Gasteiger partial charge in [0.1, 0.15) is 11.8 Å². The Bertz CT molecular complexity index is 749. The maximum atomic E-state index is 8.90. The van der Waals surface area contributed by atoms with Crippen LogP contribution in [0.5, 0.6) is 0 Å². The Morgan fingerprint density at radius 2 is 1.89 bits per heavy atom. The minimum atomic E-state index is 0.435. The molecule has 0 aliphatic heterocycles. The second kappa shape index (κ2) is 4.31. The Balaban J connectivity index is 2.28. The second-order valence-corrected chi connectivity index (χ2v) is 3.96. The summed E-state index contributed by atoms with van der Waals surface area (Å²) in [7, 11) is 0. The Morgan fingerprint density at radius 3 is 2.78 bits per heavy atom. The molecule has 0 bridgehead atoms. The molecule has 18 heavy (non-hydrogen) atoms. The van der Waals surface area contributed by atoms with Gasteiger partial charge in [0.05, 0.1) is 5.69 Å². The zero-order valence-electron chi connectivity index (χ0n) is 9.59. The van der Waals surface area contributed by atoms with Gasteiger partial charge in [-0.25, -0.2) is 4.98 Å². The smallest absolute Gasteiger partial charge is 0.141 e. The molecule has 1 heterocycles. The third-order valence-electron chi connectivity index (χ3n) is 2.85. The minimum absolute atomic E-state index is 0.435. The average molecular weight is 229 g/mol. The van der Waals surface area contributed by atoms with Gasteiger partial charge < -0.3 is 0 Å². The van der Waals surface area contributed by atoms with E-state index in [0.717, 1.165) is 22.0 Å². The number of pyridine rings is 1. The van der Waals surface area contributed by atoms with Gasteiger partial charge in [0.25, 0.3) is 0 Å². The van der Waals surface area contributed by atoms with E-state index < -0.39 is 0 Å². The SMILES string of the molecule is N#Cc1cccc(-c2cc[c]c3ccccc23)n1. The highest BCUT2D eigenvalue weighted by Crippen LogP contribution is 2.26. The molecule has 0 saturated carbocycles. The van der Waals surface area contributed by atoms with E-state index in [4.69, 9.17) is 5.26 Å². The Morgan fingerprint density at radius 1 is 1.00 bits per heavy atom. The quantitative estimate of drug-likeness (QED) is 0.639. The molecule has 1 aromatic heterocycles. The molecule has 83 valence electrons. The molecule has 3 rings (SSSR count). The summed E-state index contributed by atoms with van der Waals surface area (Å²) in [6.07, 6.45) is 0. The molecule has 2 aromatic carbocycles. The first-order valence-corrected chi connectivity index (χ1v) is 5.65. The number of rotatable bonds is 1. The zero-order valence-corrected chi connectivity index (χ0v) is 9.59. The lowest BCUT2D eigenvalue weighted by atomic mass is 10.0. The van der Waals surface area contributed by atoms with Gasteiger partial charge in [0.2, 0.25) is 0 Å². The summed E-state index contributed by atoms with van der Waals surface area (Å²) >= 11 is 0. The van der Waals surface area contributed by atoms with E-state index in [1.807, 2.05) is 48.5 Å². The van der Waals surface area contributed by atoms with Crippen molar-refractivity contribution in [2.75, 3.05) is 0 Å². The van der Waals surface area contributed by atoms with Crippen LogP contribution in [0.3, 0.4) is 0 Å². The molecular weight excluding hydrogens is 220 g/mol. The number of hydrogen-bond donors (Lipinski definition) is 0. The fourth-order valence-electron chi connectivity index (χ4n) is 2.02. The van der Waals surface area contributed by atoms with Crippen LogP contribution in [0.4, 0.5) is 0 Å². The summed E-state index contributed by atoms with van der Waals surface area (Å²) in [5.41, 5.74) is 2.28. The second-order valence-electron chi connectivity index (χ2n) is 3.96. The van der Waals surface area contributed by atoms with Gasteiger partial charge in [-0.1, -0.05) is 42.5 Å². The summed E-state index contributed by atoms with van der Waals surface area (Å²) < 4.78 is 0. The van der Waals surface area contributed by atoms with Crippen LogP contribution in [0.15, 0.2) is 54.6 Å². The first kappa shape index (κ1) is 10.5. The summed E-state index contributed by atoms with van der Waals surface area (Å²) in [4.78, 5) is 4.34. The normalized spacial score (nSPS) is 10.2. The van der Waals surface area contributed by atoms with E-state index >= 15 is 0 Å². The molecule has 2 nitrogen and oxygen atoms in total. The number of hydrogen-bond acceptors (Lipinski definition) is 2. The lowest BCUT2D eigenvalue weighted by Crippen LogP contribution is -1.88. The first-order valence-electron chi connectivity index (χ1n) is 5.65. The van der Waals surface area contributed by atoms with Crippen molar-refractivity contribution in [3.05, 3.63) is 66.4 Å². The molecule has 0 unspecified atom stereocenters. The van der Waals surface area contributed by atoms with Gasteiger partial charge in [-0.05, 0) is 29.0 Å². The van der Waals surface area contributed by atoms with Crippen LogP contribution in [-0.4, -0.2) is 4.98 Å². The summed E-state index contributed by atoms with van der Waals surface area (Å²) in [6.45, 7) is 0. The molecule has 0 aliphatic rings. The van der Waals surface area contributed by atoms with Crippen molar-refractivity contribution in [1.29, 1.82) is 5.26 Å². The van der Waals surface area contributed by atoms with Gasteiger partial charge in [-0.3, -0.25) is 0 Å². The molecule has 0 saturated heterocycles. The Labute approximate surface area is 105 Å². The Hall–Kier alpha value is -2.66. The predicted molar refractivity (Wildman–Crippen MR) is 70.7 cm³/mol. The topological polar surface area (TPSA) is 36.7 Å². The van der Waals surface area contributed by atoms with Gasteiger partial charge >= 0.3 is 0 Å². The van der Waals surface area contributed by atoms with Crippen LogP contribution < -0.4 is 0 Å². The lowest BCUT2D eigenvalue weighted by molar-refractivity contribution is 1.27. The van der Waals surface area contributed by atoms with Crippen molar-refractivity contribution < 1.29 is 0 Å². The molecule has 0 N–H and O–H groups in total. The average Bonchev–Trinajstić information content (AvgIpc) is 2.47. The molecule has 2 heteroatoms. The van der Waals surface area contributed by atoms with Crippen molar-refractivity contribution in [3.63, 3.8) is 0 Å². The molecule has 3 aromatic rings. The van der Waals surface area contributed by atoms with Crippen LogP contribution in [-0.2, 0) is 0 Å². The number of benzene rings is 2. The van der Waals surface area contributed by atoms with Crippen molar-refractivity contribution in [2.45, 2.75) is 0 Å². The number of fused-ring (bicyclic) bond motifs is 1. The van der Waals surface area contributed by atoms with Crippen molar-refractivity contribution in [1.82, 2.24) is 4.98 Å². The van der Waals surface area contributed by atoms with Crippen molar-refractivity contribution in [3.8, 4) is 17.3 Å². The minimum Gasteiger partial charge on any atom is -0.237 e. The van der Waals surface area contributed by atoms with E-state index in [9.17, 15) is 0 Å². The molecule has 0 atom stereocenters. The highest BCUT2D eigenvalue weighted by atomic mass is 14.7. The zero-order chi connectivity index (χ0) is 12.4. The van der Waals surface area contributed by atoms with Gasteiger partial charge in [0, 0.05) is 5.56 Å². The number of nitrogens with zero attached hydrogens (tertiary/aromatic N) is 2. The Kier molecular flexibility index (Phi) is 2.51. The highest BCUT2D eigenvalue weighted by Gasteiger charge is 2.05. The predicted octanol–water partition coefficient (Wildman–Crippen LogP) is 3.57. The van der Waals surface area contributed by atoms with E-state index in [2.05, 4.69) is 17.1 Å². The number of nitriles is 1. The van der Waals surface area contributed by atoms with Gasteiger partial charge in [0.15, 0.2) is 0 Å². The summed E-state index contributed by atoms with van der Waals surface area (Å²) in [5, 5.41) is 11.1. The summed E-state index contributed by atoms with van der Waals surface area (Å²) in [6, 6.07) is 22.7. The van der Waals surface area contributed by atoms with E-state index in [-0.39, 0.29) is 0 Å². The van der Waals surface area contributed by atoms with Crippen LogP contribution in [0.25, 0.3) is 22.0 Å². The lowest BCUT2D eigenvalue weighted by Gasteiger charge is -2.05. The standard InChI is InChI=1S/C16H9N2/c17-11-13-7-4-10-16(18-13)15-9-3-6-12-5-1-2-8-14(12)15/h1-5,7-10H. The van der Waals surface area contributed by atoms with Crippen LogP contribution in [0, 0.1) is 17.4 Å². The molecule has 0 spiro atoms. The van der Waals surface area contributed by atoms with E-state index in [1.54, 1.807) is 6.07 Å². The molecule has 1 radical (unpaired) electrons. The van der Waals surface area contributed by atoms with Crippen molar-refractivity contribution >= 4 is 10.8 Å². The first-order chi connectivity index (χ1) is 8.88. The fraction of sp³-hybridized carbons (Fsp3) is 0. The fourth-order valence-corrected chi connectivity index (χ4v) is 2.02. The maximum Gasteiger partial charge on any atom is 0.141 e. The highest BCUT2D eigenvalue weighted by molar-refractivity contribution is 5.95. The van der Waals surface area contributed by atoms with Gasteiger partial charge in [-0.15, -0.1) is 0 Å². The monoisotopic (exact) mass is 229 g/mol. The molecule has 0 amide bonds. The summed E-state index contributed by atoms with van der Waals surface area (Å²) in [5.74, 6) is 0. The van der Waals surface area contributed by atoms with Crippen LogP contribution >= 0.6 is 0 Å².